The molecule has 0 heterocycles. The summed E-state index contributed by atoms with van der Waals surface area (Å²) in [5.74, 6) is -0.218. The van der Waals surface area contributed by atoms with Gasteiger partial charge in [0.2, 0.25) is 0 Å². The van der Waals surface area contributed by atoms with Crippen molar-refractivity contribution in [2.75, 3.05) is 13.1 Å². The topological polar surface area (TPSA) is 84.8 Å². The molecule has 0 spiro atoms. The Morgan fingerprint density at radius 3 is 2.29 bits per heavy atom. The summed E-state index contributed by atoms with van der Waals surface area (Å²) in [5, 5.41) is 36.0. The Hall–Kier alpha value is -3.07. The maximum absolute atomic E-state index is 13.1. The zero-order valence-electron chi connectivity index (χ0n) is 19.5. The lowest BCUT2D eigenvalue weighted by Crippen LogP contribution is -2.32. The largest absolute Gasteiger partial charge is 0.508 e. The summed E-state index contributed by atoms with van der Waals surface area (Å²) in [5.41, 5.74) is 2.25. The molecule has 0 saturated carbocycles. The smallest absolute Gasteiger partial charge is 0.416 e. The molecule has 0 aromatic heterocycles. The molecule has 0 aliphatic carbocycles. The standard InChI is InChI=1S/C27H31F3N2O3/c1-18(32-17-26(35)22-13-23(33)15-24(34)14-22)11-19-5-4-6-20(12-19)16-31-10-9-21-7-2-3-8-25(21)27(28,29)30/h2-8,12-15,18,26,31-35H,9-11,16-17H2,1H3/t18-,26+/m1/s1. The predicted octanol–water partition coefficient (Wildman–Crippen LogP) is 4.70. The van der Waals surface area contributed by atoms with Crippen LogP contribution in [0.2, 0.25) is 0 Å². The molecule has 3 aromatic rings. The first-order valence-electron chi connectivity index (χ1n) is 11.5. The highest BCUT2D eigenvalue weighted by Gasteiger charge is 2.32. The van der Waals surface area contributed by atoms with Crippen molar-refractivity contribution in [1.82, 2.24) is 10.6 Å². The number of hydrogen-bond acceptors (Lipinski definition) is 5. The van der Waals surface area contributed by atoms with E-state index in [0.717, 1.165) is 17.2 Å². The summed E-state index contributed by atoms with van der Waals surface area (Å²) >= 11 is 0. The van der Waals surface area contributed by atoms with Gasteiger partial charge in [-0.15, -0.1) is 0 Å². The van der Waals surface area contributed by atoms with Crippen LogP contribution in [0, 0.1) is 0 Å². The second kappa shape index (κ2) is 12.1. The molecular weight excluding hydrogens is 457 g/mol. The normalized spacial score (nSPS) is 13.5. The van der Waals surface area contributed by atoms with Gasteiger partial charge in [-0.3, -0.25) is 0 Å². The van der Waals surface area contributed by atoms with Crippen LogP contribution in [0.4, 0.5) is 13.2 Å². The van der Waals surface area contributed by atoms with Gasteiger partial charge >= 0.3 is 6.18 Å². The van der Waals surface area contributed by atoms with Crippen LogP contribution in [0.3, 0.4) is 0 Å². The Balaban J connectivity index is 1.46. The monoisotopic (exact) mass is 488 g/mol. The van der Waals surface area contributed by atoms with Crippen LogP contribution in [0.5, 0.6) is 11.5 Å². The summed E-state index contributed by atoms with van der Waals surface area (Å²) in [7, 11) is 0. The van der Waals surface area contributed by atoms with Crippen molar-refractivity contribution in [3.8, 4) is 11.5 Å². The molecule has 2 atom stereocenters. The molecular formula is C27H31F3N2O3. The van der Waals surface area contributed by atoms with Crippen LogP contribution in [0.15, 0.2) is 66.7 Å². The van der Waals surface area contributed by atoms with Gasteiger partial charge in [0.15, 0.2) is 0 Å². The number of aliphatic hydroxyl groups excluding tert-OH is 1. The number of phenols is 2. The molecule has 188 valence electrons. The minimum absolute atomic E-state index is 0.0534. The lowest BCUT2D eigenvalue weighted by molar-refractivity contribution is -0.138. The molecule has 0 unspecified atom stereocenters. The number of hydrogen-bond donors (Lipinski definition) is 5. The fraction of sp³-hybridized carbons (Fsp3) is 0.333. The predicted molar refractivity (Wildman–Crippen MR) is 129 cm³/mol. The van der Waals surface area contributed by atoms with Gasteiger partial charge in [-0.2, -0.15) is 13.2 Å². The molecule has 5 nitrogen and oxygen atoms in total. The van der Waals surface area contributed by atoms with Gasteiger partial charge in [0.1, 0.15) is 11.5 Å². The first-order valence-corrected chi connectivity index (χ1v) is 11.5. The maximum atomic E-state index is 13.1. The van der Waals surface area contributed by atoms with Crippen molar-refractivity contribution in [3.05, 3.63) is 94.5 Å². The molecule has 0 saturated heterocycles. The van der Waals surface area contributed by atoms with Crippen LogP contribution < -0.4 is 10.6 Å². The fourth-order valence-corrected chi connectivity index (χ4v) is 4.00. The van der Waals surface area contributed by atoms with E-state index in [4.69, 9.17) is 0 Å². The van der Waals surface area contributed by atoms with Crippen molar-refractivity contribution in [3.63, 3.8) is 0 Å². The average Bonchev–Trinajstić information content (AvgIpc) is 2.79. The average molecular weight is 489 g/mol. The van der Waals surface area contributed by atoms with E-state index in [9.17, 15) is 28.5 Å². The number of nitrogens with one attached hydrogen (secondary N) is 2. The van der Waals surface area contributed by atoms with Crippen LogP contribution in [-0.2, 0) is 25.6 Å². The zero-order chi connectivity index (χ0) is 25.4. The highest BCUT2D eigenvalue weighted by Crippen LogP contribution is 2.32. The molecule has 0 aliphatic rings. The van der Waals surface area contributed by atoms with Crippen molar-refractivity contribution in [2.24, 2.45) is 0 Å². The van der Waals surface area contributed by atoms with E-state index in [2.05, 4.69) is 16.7 Å². The zero-order valence-corrected chi connectivity index (χ0v) is 19.5. The highest BCUT2D eigenvalue weighted by atomic mass is 19.4. The van der Waals surface area contributed by atoms with E-state index in [1.807, 2.05) is 25.1 Å². The first-order chi connectivity index (χ1) is 16.6. The van der Waals surface area contributed by atoms with Gasteiger partial charge in [0, 0.05) is 25.2 Å². The Kier molecular flexibility index (Phi) is 9.14. The summed E-state index contributed by atoms with van der Waals surface area (Å²) < 4.78 is 39.4. The molecule has 0 fully saturated rings. The van der Waals surface area contributed by atoms with Crippen LogP contribution >= 0.6 is 0 Å². The van der Waals surface area contributed by atoms with E-state index in [1.165, 1.54) is 30.3 Å². The number of halogens is 3. The second-order valence-corrected chi connectivity index (χ2v) is 8.71. The van der Waals surface area contributed by atoms with E-state index < -0.39 is 17.8 Å². The molecule has 0 radical (unpaired) electrons. The SMILES string of the molecule is C[C@H](Cc1cccc(CNCCc2ccccc2C(F)(F)F)c1)NC[C@H](O)c1cc(O)cc(O)c1. The molecule has 35 heavy (non-hydrogen) atoms. The van der Waals surface area contributed by atoms with Crippen molar-refractivity contribution >= 4 is 0 Å². The Morgan fingerprint density at radius 2 is 1.57 bits per heavy atom. The van der Waals surface area contributed by atoms with E-state index >= 15 is 0 Å². The van der Waals surface area contributed by atoms with E-state index in [0.29, 0.717) is 25.1 Å². The van der Waals surface area contributed by atoms with Crippen molar-refractivity contribution in [1.29, 1.82) is 0 Å². The molecule has 0 amide bonds. The van der Waals surface area contributed by atoms with Crippen molar-refractivity contribution in [2.45, 2.75) is 44.6 Å². The Morgan fingerprint density at radius 1 is 0.886 bits per heavy atom. The van der Waals surface area contributed by atoms with Gasteiger partial charge in [-0.05, 0) is 66.8 Å². The quantitative estimate of drug-likeness (QED) is 0.253. The molecule has 0 bridgehead atoms. The Labute approximate surface area is 203 Å². The summed E-state index contributed by atoms with van der Waals surface area (Å²) in [6, 6.07) is 17.7. The molecule has 3 rings (SSSR count). The number of aliphatic hydroxyl groups is 1. The Bertz CT molecular complexity index is 1080. The molecule has 0 aliphatic heterocycles. The summed E-state index contributed by atoms with van der Waals surface area (Å²) in [6.07, 6.45) is -4.23. The number of benzene rings is 3. The lowest BCUT2D eigenvalue weighted by atomic mass is 10.0. The van der Waals surface area contributed by atoms with Crippen LogP contribution in [0.25, 0.3) is 0 Å². The third kappa shape index (κ3) is 8.28. The number of rotatable bonds is 11. The molecule has 3 aromatic carbocycles. The van der Waals surface area contributed by atoms with Gasteiger partial charge in [0.05, 0.1) is 11.7 Å². The third-order valence-electron chi connectivity index (χ3n) is 5.73. The van der Waals surface area contributed by atoms with Crippen LogP contribution in [0.1, 0.15) is 40.8 Å². The van der Waals surface area contributed by atoms with Gasteiger partial charge < -0.3 is 26.0 Å². The lowest BCUT2D eigenvalue weighted by Gasteiger charge is -2.18. The highest BCUT2D eigenvalue weighted by molar-refractivity contribution is 5.37. The van der Waals surface area contributed by atoms with E-state index in [1.54, 1.807) is 6.07 Å². The van der Waals surface area contributed by atoms with Gasteiger partial charge in [-0.25, -0.2) is 0 Å². The molecule has 5 N–H and O–H groups in total. The van der Waals surface area contributed by atoms with Gasteiger partial charge in [-0.1, -0.05) is 42.5 Å². The fourth-order valence-electron chi connectivity index (χ4n) is 4.00. The van der Waals surface area contributed by atoms with Crippen LogP contribution in [-0.4, -0.2) is 34.5 Å². The minimum atomic E-state index is -4.35. The van der Waals surface area contributed by atoms with E-state index in [-0.39, 0.29) is 36.1 Å². The number of alkyl halides is 3. The minimum Gasteiger partial charge on any atom is -0.508 e. The maximum Gasteiger partial charge on any atom is 0.416 e. The first kappa shape index (κ1) is 26.5. The van der Waals surface area contributed by atoms with Crippen molar-refractivity contribution < 1.29 is 28.5 Å². The third-order valence-corrected chi connectivity index (χ3v) is 5.73. The van der Waals surface area contributed by atoms with Gasteiger partial charge in [0.25, 0.3) is 0 Å². The number of aromatic hydroxyl groups is 2. The summed E-state index contributed by atoms with van der Waals surface area (Å²) in [6.45, 7) is 3.22. The molecule has 8 heteroatoms. The number of phenolic OH excluding ortho intramolecular Hbond substituents is 2. The second-order valence-electron chi connectivity index (χ2n) is 8.71. The summed E-state index contributed by atoms with van der Waals surface area (Å²) in [4.78, 5) is 0.